The van der Waals surface area contributed by atoms with Crippen LogP contribution in [0.2, 0.25) is 0 Å². The number of para-hydroxylation sites is 1. The van der Waals surface area contributed by atoms with Gasteiger partial charge in [-0.1, -0.05) is 18.2 Å². The van der Waals surface area contributed by atoms with Gasteiger partial charge in [0.1, 0.15) is 5.58 Å². The van der Waals surface area contributed by atoms with Crippen LogP contribution in [0, 0.1) is 0 Å². The van der Waals surface area contributed by atoms with Gasteiger partial charge in [0, 0.05) is 11.9 Å². The summed E-state index contributed by atoms with van der Waals surface area (Å²) in [5.41, 5.74) is 6.11. The second-order valence-electron chi connectivity index (χ2n) is 3.90. The number of rotatable bonds is 5. The lowest BCUT2D eigenvalue weighted by atomic mass is 10.2. The van der Waals surface area contributed by atoms with E-state index in [2.05, 4.69) is 5.32 Å². The molecule has 1 aromatic heterocycles. The third-order valence-corrected chi connectivity index (χ3v) is 2.57. The smallest absolute Gasteiger partial charge is 0.287 e. The van der Waals surface area contributed by atoms with E-state index in [1.807, 2.05) is 24.3 Å². The molecule has 1 heterocycles. The minimum Gasteiger partial charge on any atom is -0.451 e. The van der Waals surface area contributed by atoms with Gasteiger partial charge in [-0.05, 0) is 31.5 Å². The molecule has 5 heteroatoms. The van der Waals surface area contributed by atoms with Crippen LogP contribution >= 0.6 is 12.4 Å². The number of nitrogens with two attached hydrogens (primary N) is 1. The number of benzene rings is 1. The molecule has 0 atom stereocenters. The van der Waals surface area contributed by atoms with E-state index in [1.54, 1.807) is 6.07 Å². The van der Waals surface area contributed by atoms with E-state index in [-0.39, 0.29) is 18.3 Å². The third kappa shape index (κ3) is 3.48. The SMILES string of the molecule is Cl.NCCCCNC(=O)c1cc2ccccc2o1. The van der Waals surface area contributed by atoms with Crippen molar-refractivity contribution in [2.24, 2.45) is 5.73 Å². The molecule has 0 saturated heterocycles. The Morgan fingerprint density at radius 1 is 1.28 bits per heavy atom. The molecule has 2 aromatic rings. The second-order valence-corrected chi connectivity index (χ2v) is 3.90. The molecule has 18 heavy (non-hydrogen) atoms. The molecule has 0 aliphatic carbocycles. The van der Waals surface area contributed by atoms with Crippen LogP contribution in [0.1, 0.15) is 23.4 Å². The molecule has 0 saturated carbocycles. The molecular weight excluding hydrogens is 252 g/mol. The Labute approximate surface area is 112 Å². The summed E-state index contributed by atoms with van der Waals surface area (Å²) in [6.07, 6.45) is 1.81. The molecule has 4 nitrogen and oxygen atoms in total. The molecule has 0 aliphatic heterocycles. The third-order valence-electron chi connectivity index (χ3n) is 2.57. The summed E-state index contributed by atoms with van der Waals surface area (Å²) >= 11 is 0. The van der Waals surface area contributed by atoms with Gasteiger partial charge in [0.25, 0.3) is 5.91 Å². The Kier molecular flexibility index (Phi) is 5.68. The maximum atomic E-state index is 11.7. The summed E-state index contributed by atoms with van der Waals surface area (Å²) in [6.45, 7) is 1.29. The van der Waals surface area contributed by atoms with Crippen molar-refractivity contribution in [3.63, 3.8) is 0 Å². The zero-order valence-electron chi connectivity index (χ0n) is 10.0. The maximum absolute atomic E-state index is 11.7. The molecular formula is C13H17ClN2O2. The maximum Gasteiger partial charge on any atom is 0.287 e. The summed E-state index contributed by atoms with van der Waals surface area (Å²) in [5, 5.41) is 3.75. The Morgan fingerprint density at radius 3 is 2.78 bits per heavy atom. The first kappa shape index (κ1) is 14.5. The molecule has 0 unspecified atom stereocenters. The standard InChI is InChI=1S/C13H16N2O2.ClH/c14-7-3-4-8-15-13(16)12-9-10-5-1-2-6-11(10)17-12;/h1-2,5-6,9H,3-4,7-8,14H2,(H,15,16);1H. The molecule has 2 rings (SSSR count). The normalized spacial score (nSPS) is 10.1. The molecule has 0 bridgehead atoms. The van der Waals surface area contributed by atoms with E-state index in [0.29, 0.717) is 18.8 Å². The van der Waals surface area contributed by atoms with Crippen molar-refractivity contribution in [1.29, 1.82) is 0 Å². The number of carbonyl (C=O) groups is 1. The van der Waals surface area contributed by atoms with Crippen molar-refractivity contribution in [3.05, 3.63) is 36.1 Å². The number of fused-ring (bicyclic) bond motifs is 1. The Hall–Kier alpha value is -1.52. The van der Waals surface area contributed by atoms with Crippen LogP contribution in [-0.2, 0) is 0 Å². The predicted molar refractivity (Wildman–Crippen MR) is 74.1 cm³/mol. The summed E-state index contributed by atoms with van der Waals surface area (Å²) in [5.74, 6) is 0.192. The first-order valence-corrected chi connectivity index (χ1v) is 5.78. The molecule has 1 amide bonds. The fourth-order valence-corrected chi connectivity index (χ4v) is 1.65. The summed E-state index contributed by atoms with van der Waals surface area (Å²) in [4.78, 5) is 11.7. The van der Waals surface area contributed by atoms with Gasteiger partial charge in [-0.25, -0.2) is 0 Å². The van der Waals surface area contributed by atoms with Crippen molar-refractivity contribution >= 4 is 29.3 Å². The lowest BCUT2D eigenvalue weighted by molar-refractivity contribution is 0.0927. The fraction of sp³-hybridized carbons (Fsp3) is 0.308. The van der Waals surface area contributed by atoms with Gasteiger partial charge in [-0.15, -0.1) is 12.4 Å². The number of nitrogens with one attached hydrogen (secondary N) is 1. The summed E-state index contributed by atoms with van der Waals surface area (Å²) in [6, 6.07) is 9.33. The van der Waals surface area contributed by atoms with Crippen molar-refractivity contribution in [2.75, 3.05) is 13.1 Å². The monoisotopic (exact) mass is 268 g/mol. The van der Waals surface area contributed by atoms with Crippen LogP contribution in [0.4, 0.5) is 0 Å². The average Bonchev–Trinajstić information content (AvgIpc) is 2.78. The molecule has 1 aromatic carbocycles. The van der Waals surface area contributed by atoms with E-state index in [1.165, 1.54) is 0 Å². The predicted octanol–water partition coefficient (Wildman–Crippen LogP) is 2.32. The van der Waals surface area contributed by atoms with Gasteiger partial charge in [0.2, 0.25) is 0 Å². The molecule has 98 valence electrons. The van der Waals surface area contributed by atoms with E-state index >= 15 is 0 Å². The number of hydrogen-bond acceptors (Lipinski definition) is 3. The van der Waals surface area contributed by atoms with Gasteiger partial charge < -0.3 is 15.5 Å². The summed E-state index contributed by atoms with van der Waals surface area (Å²) in [7, 11) is 0. The van der Waals surface area contributed by atoms with Crippen LogP contribution in [-0.4, -0.2) is 19.0 Å². The lowest BCUT2D eigenvalue weighted by Gasteiger charge is -2.01. The number of hydrogen-bond donors (Lipinski definition) is 2. The highest BCUT2D eigenvalue weighted by molar-refractivity contribution is 5.95. The van der Waals surface area contributed by atoms with E-state index < -0.39 is 0 Å². The topological polar surface area (TPSA) is 68.3 Å². The van der Waals surface area contributed by atoms with Gasteiger partial charge in [-0.3, -0.25) is 4.79 Å². The molecule has 0 aliphatic rings. The van der Waals surface area contributed by atoms with E-state index in [9.17, 15) is 4.79 Å². The number of furan rings is 1. The van der Waals surface area contributed by atoms with Crippen LogP contribution in [0.15, 0.2) is 34.7 Å². The van der Waals surface area contributed by atoms with Gasteiger partial charge >= 0.3 is 0 Å². The van der Waals surface area contributed by atoms with Crippen molar-refractivity contribution in [3.8, 4) is 0 Å². The van der Waals surface area contributed by atoms with Gasteiger partial charge in [0.05, 0.1) is 0 Å². The zero-order valence-corrected chi connectivity index (χ0v) is 10.8. The number of unbranched alkanes of at least 4 members (excludes halogenated alkanes) is 1. The fourth-order valence-electron chi connectivity index (χ4n) is 1.65. The second kappa shape index (κ2) is 7.03. The lowest BCUT2D eigenvalue weighted by Crippen LogP contribution is -2.24. The molecule has 0 fully saturated rings. The Balaban J connectivity index is 0.00000162. The minimum absolute atomic E-state index is 0. The highest BCUT2D eigenvalue weighted by Gasteiger charge is 2.10. The van der Waals surface area contributed by atoms with Gasteiger partial charge in [0.15, 0.2) is 5.76 Å². The van der Waals surface area contributed by atoms with Crippen LogP contribution < -0.4 is 11.1 Å². The Morgan fingerprint density at radius 2 is 2.06 bits per heavy atom. The molecule has 3 N–H and O–H groups in total. The quantitative estimate of drug-likeness (QED) is 0.818. The van der Waals surface area contributed by atoms with Gasteiger partial charge in [-0.2, -0.15) is 0 Å². The number of halogens is 1. The number of carbonyl (C=O) groups excluding carboxylic acids is 1. The van der Waals surface area contributed by atoms with Crippen LogP contribution in [0.25, 0.3) is 11.0 Å². The highest BCUT2D eigenvalue weighted by atomic mass is 35.5. The molecule has 0 spiro atoms. The van der Waals surface area contributed by atoms with E-state index in [4.69, 9.17) is 10.2 Å². The summed E-state index contributed by atoms with van der Waals surface area (Å²) < 4.78 is 5.45. The van der Waals surface area contributed by atoms with E-state index in [0.717, 1.165) is 23.8 Å². The Bertz CT molecular complexity index is 477. The largest absolute Gasteiger partial charge is 0.451 e. The van der Waals surface area contributed by atoms with Crippen LogP contribution in [0.3, 0.4) is 0 Å². The van der Waals surface area contributed by atoms with Crippen molar-refractivity contribution in [2.45, 2.75) is 12.8 Å². The first-order valence-electron chi connectivity index (χ1n) is 5.78. The minimum atomic E-state index is -0.168. The number of amides is 1. The van der Waals surface area contributed by atoms with Crippen molar-refractivity contribution in [1.82, 2.24) is 5.32 Å². The zero-order chi connectivity index (χ0) is 12.1. The average molecular weight is 269 g/mol. The highest BCUT2D eigenvalue weighted by Crippen LogP contribution is 2.18. The van der Waals surface area contributed by atoms with Crippen molar-refractivity contribution < 1.29 is 9.21 Å². The van der Waals surface area contributed by atoms with Crippen LogP contribution in [0.5, 0.6) is 0 Å². The first-order chi connectivity index (χ1) is 8.31. The molecule has 0 radical (unpaired) electrons.